The molecule has 3 N–H and O–H groups in total. The summed E-state index contributed by atoms with van der Waals surface area (Å²) in [4.78, 5) is 30.2. The monoisotopic (exact) mass is 589 g/mol. The van der Waals surface area contributed by atoms with Crippen LogP contribution in [0.1, 0.15) is 97.2 Å². The number of aliphatic hydroxyl groups is 1. The smallest absolute Gasteiger partial charge is 0.369 e. The van der Waals surface area contributed by atoms with Crippen molar-refractivity contribution in [3.8, 4) is 0 Å². The van der Waals surface area contributed by atoms with Crippen molar-refractivity contribution < 1.29 is 36.6 Å². The zero-order valence-corrected chi connectivity index (χ0v) is 22.4. The Hall–Kier alpha value is -3.27. The van der Waals surface area contributed by atoms with E-state index in [1.807, 2.05) is 13.8 Å². The normalized spacial score (nSPS) is 17.6. The Morgan fingerprint density at radius 1 is 1.23 bits per heavy atom. The molecule has 3 heterocycles. The number of alkyl halides is 5. The van der Waals surface area contributed by atoms with Gasteiger partial charge in [-0.2, -0.15) is 18.3 Å². The standard InChI is InChI=1S/C24H28F5N7O3S/c1-12(2)20-19(34-35-40-20)22(39)33-18(13-3-6-23(25,26)7-4-13)15-11-36-16(31-15)9-14(10-30-36)21(38)32-17(37)5-8-24(27,28)29/h9-13,18,21,38H,3-8H2,1-2H3,(H,32,37)(H,33,39)/t18-,21+/m0/s1. The maximum atomic E-state index is 13.9. The third-order valence-corrected chi connectivity index (χ3v) is 7.72. The maximum Gasteiger partial charge on any atom is 0.389 e. The number of hydrogen-bond acceptors (Lipinski definition) is 8. The van der Waals surface area contributed by atoms with Crippen molar-refractivity contribution in [2.75, 3.05) is 0 Å². The summed E-state index contributed by atoms with van der Waals surface area (Å²) in [6, 6.07) is 0.614. The van der Waals surface area contributed by atoms with Gasteiger partial charge in [-0.25, -0.2) is 18.3 Å². The van der Waals surface area contributed by atoms with Crippen LogP contribution in [0.4, 0.5) is 22.0 Å². The van der Waals surface area contributed by atoms with Crippen LogP contribution in [0.2, 0.25) is 0 Å². The predicted molar refractivity (Wildman–Crippen MR) is 132 cm³/mol. The molecule has 0 bridgehead atoms. The Labute approximate surface area is 229 Å². The number of aliphatic hydroxyl groups excluding tert-OH is 1. The molecule has 1 saturated carbocycles. The second-order valence-electron chi connectivity index (χ2n) is 10.1. The summed E-state index contributed by atoms with van der Waals surface area (Å²) in [5.41, 5.74) is 0.763. The van der Waals surface area contributed by atoms with Crippen molar-refractivity contribution in [3.05, 3.63) is 40.3 Å². The molecule has 0 saturated heterocycles. The number of carbonyl (C=O) groups excluding carboxylic acids is 2. The quantitative estimate of drug-likeness (QED) is 0.248. The lowest BCUT2D eigenvalue weighted by atomic mass is 9.81. The van der Waals surface area contributed by atoms with Gasteiger partial charge < -0.3 is 15.7 Å². The van der Waals surface area contributed by atoms with Gasteiger partial charge in [-0.1, -0.05) is 18.3 Å². The van der Waals surface area contributed by atoms with Crippen LogP contribution >= 0.6 is 11.5 Å². The Kier molecular flexibility index (Phi) is 8.68. The fourth-order valence-corrected chi connectivity index (χ4v) is 5.19. The predicted octanol–water partition coefficient (Wildman–Crippen LogP) is 4.45. The highest BCUT2D eigenvalue weighted by atomic mass is 32.1. The first kappa shape index (κ1) is 29.7. The van der Waals surface area contributed by atoms with E-state index < -0.39 is 49.0 Å². The molecule has 0 aromatic carbocycles. The molecule has 0 spiro atoms. The molecule has 0 radical (unpaired) electrons. The first-order chi connectivity index (χ1) is 18.7. The van der Waals surface area contributed by atoms with Gasteiger partial charge in [0.1, 0.15) is 0 Å². The van der Waals surface area contributed by atoms with E-state index in [9.17, 15) is 36.6 Å². The van der Waals surface area contributed by atoms with E-state index in [-0.39, 0.29) is 54.4 Å². The number of imidazole rings is 1. The van der Waals surface area contributed by atoms with E-state index in [2.05, 4.69) is 30.3 Å². The van der Waals surface area contributed by atoms with Crippen LogP contribution in [-0.2, 0) is 4.79 Å². The molecule has 0 aliphatic heterocycles. The van der Waals surface area contributed by atoms with E-state index >= 15 is 0 Å². The highest BCUT2D eigenvalue weighted by Gasteiger charge is 2.40. The van der Waals surface area contributed by atoms with Gasteiger partial charge in [-0.3, -0.25) is 9.59 Å². The summed E-state index contributed by atoms with van der Waals surface area (Å²) < 4.78 is 70.2. The van der Waals surface area contributed by atoms with Crippen molar-refractivity contribution >= 4 is 29.0 Å². The summed E-state index contributed by atoms with van der Waals surface area (Å²) in [5, 5.41) is 23.4. The fourth-order valence-electron chi connectivity index (χ4n) is 4.55. The SMILES string of the molecule is CC(C)c1snnc1C(=O)N[C@H](c1cn2ncc([C@@H](O)NC(=O)CCC(F)(F)F)cc2n1)C1CCC(F)(F)CC1. The van der Waals surface area contributed by atoms with Crippen LogP contribution in [0, 0.1) is 5.92 Å². The fraction of sp³-hybridized carbons (Fsp3) is 0.583. The van der Waals surface area contributed by atoms with Gasteiger partial charge in [0.25, 0.3) is 5.91 Å². The van der Waals surface area contributed by atoms with Gasteiger partial charge >= 0.3 is 6.18 Å². The second kappa shape index (κ2) is 11.7. The number of nitrogens with one attached hydrogen (secondary N) is 2. The number of fused-ring (bicyclic) bond motifs is 1. The molecule has 2 atom stereocenters. The van der Waals surface area contributed by atoms with Gasteiger partial charge in [0.05, 0.1) is 35.4 Å². The molecular formula is C24H28F5N7O3S. The lowest BCUT2D eigenvalue weighted by Crippen LogP contribution is -2.37. The van der Waals surface area contributed by atoms with Crippen molar-refractivity contribution in [3.63, 3.8) is 0 Å². The summed E-state index contributed by atoms with van der Waals surface area (Å²) in [5.74, 6) is -4.67. The van der Waals surface area contributed by atoms with E-state index in [0.717, 1.165) is 11.5 Å². The second-order valence-corrected chi connectivity index (χ2v) is 10.9. The van der Waals surface area contributed by atoms with Crippen molar-refractivity contribution in [2.45, 2.75) is 82.7 Å². The molecular weight excluding hydrogens is 561 g/mol. The Bertz CT molecular complexity index is 1350. The molecule has 4 rings (SSSR count). The molecule has 16 heteroatoms. The number of aromatic nitrogens is 5. The molecule has 1 aliphatic carbocycles. The summed E-state index contributed by atoms with van der Waals surface area (Å²) in [7, 11) is 0. The molecule has 1 aliphatic rings. The van der Waals surface area contributed by atoms with Gasteiger partial charge in [-0.15, -0.1) is 5.10 Å². The number of rotatable bonds is 9. The van der Waals surface area contributed by atoms with Gasteiger partial charge in [0, 0.05) is 24.8 Å². The first-order valence-corrected chi connectivity index (χ1v) is 13.4. The number of nitrogens with zero attached hydrogens (tertiary/aromatic N) is 5. The zero-order valence-electron chi connectivity index (χ0n) is 21.6. The van der Waals surface area contributed by atoms with Crippen LogP contribution < -0.4 is 10.6 Å². The largest absolute Gasteiger partial charge is 0.389 e. The van der Waals surface area contributed by atoms with E-state index in [1.165, 1.54) is 23.0 Å². The minimum atomic E-state index is -4.51. The minimum Gasteiger partial charge on any atom is -0.369 e. The van der Waals surface area contributed by atoms with Crippen LogP contribution in [0.5, 0.6) is 0 Å². The zero-order chi connectivity index (χ0) is 29.2. The first-order valence-electron chi connectivity index (χ1n) is 12.6. The van der Waals surface area contributed by atoms with Crippen molar-refractivity contribution in [2.24, 2.45) is 5.92 Å². The molecule has 40 heavy (non-hydrogen) atoms. The maximum absolute atomic E-state index is 13.9. The molecule has 3 aromatic rings. The van der Waals surface area contributed by atoms with E-state index in [1.54, 1.807) is 0 Å². The number of halogens is 5. The molecule has 218 valence electrons. The Morgan fingerprint density at radius 2 is 1.93 bits per heavy atom. The highest BCUT2D eigenvalue weighted by molar-refractivity contribution is 7.05. The topological polar surface area (TPSA) is 134 Å². The number of amides is 2. The van der Waals surface area contributed by atoms with E-state index in [0.29, 0.717) is 10.6 Å². The third-order valence-electron chi connectivity index (χ3n) is 6.70. The van der Waals surface area contributed by atoms with Gasteiger partial charge in [0.15, 0.2) is 17.6 Å². The summed E-state index contributed by atoms with van der Waals surface area (Å²) in [6.45, 7) is 3.79. The van der Waals surface area contributed by atoms with Crippen LogP contribution in [0.15, 0.2) is 18.5 Å². The van der Waals surface area contributed by atoms with Crippen molar-refractivity contribution in [1.29, 1.82) is 0 Å². The van der Waals surface area contributed by atoms with Gasteiger partial charge in [0.2, 0.25) is 11.8 Å². The average Bonchev–Trinajstić information content (AvgIpc) is 3.53. The number of hydrogen-bond donors (Lipinski definition) is 3. The molecule has 1 fully saturated rings. The summed E-state index contributed by atoms with van der Waals surface area (Å²) >= 11 is 1.10. The highest BCUT2D eigenvalue weighted by Crippen LogP contribution is 2.41. The number of carbonyl (C=O) groups is 2. The van der Waals surface area contributed by atoms with Gasteiger partial charge in [-0.05, 0) is 42.3 Å². The third kappa shape index (κ3) is 7.27. The lowest BCUT2D eigenvalue weighted by molar-refractivity contribution is -0.145. The molecule has 3 aromatic heterocycles. The van der Waals surface area contributed by atoms with E-state index in [4.69, 9.17) is 0 Å². The minimum absolute atomic E-state index is 0.00855. The van der Waals surface area contributed by atoms with Crippen molar-refractivity contribution in [1.82, 2.24) is 34.8 Å². The van der Waals surface area contributed by atoms with Crippen LogP contribution in [-0.4, -0.2) is 53.2 Å². The molecule has 2 amide bonds. The molecule has 10 nitrogen and oxygen atoms in total. The van der Waals surface area contributed by atoms with Crippen LogP contribution in [0.25, 0.3) is 5.65 Å². The average molecular weight is 590 g/mol. The lowest BCUT2D eigenvalue weighted by Gasteiger charge is -2.33. The Morgan fingerprint density at radius 3 is 2.58 bits per heavy atom. The van der Waals surface area contributed by atoms with Crippen LogP contribution in [0.3, 0.4) is 0 Å². The Balaban J connectivity index is 1.57. The molecule has 0 unspecified atom stereocenters. The summed E-state index contributed by atoms with van der Waals surface area (Å²) in [6.07, 6.45) is -6.00.